The summed E-state index contributed by atoms with van der Waals surface area (Å²) >= 11 is 0. The van der Waals surface area contributed by atoms with Gasteiger partial charge in [0.1, 0.15) is 22.9 Å². The highest BCUT2D eigenvalue weighted by Gasteiger charge is 2.44. The van der Waals surface area contributed by atoms with E-state index in [1.54, 1.807) is 18.2 Å². The molecule has 2 aliphatic carbocycles. The lowest BCUT2D eigenvalue weighted by Crippen LogP contribution is -2.39. The summed E-state index contributed by atoms with van der Waals surface area (Å²) in [5, 5.41) is 22.6. The Labute approximate surface area is 228 Å². The third kappa shape index (κ3) is 5.94. The van der Waals surface area contributed by atoms with Gasteiger partial charge in [-0.3, -0.25) is 19.3 Å². The molecule has 0 fully saturated rings. The molecular formula is C24H23N5O9S2. The Morgan fingerprint density at radius 1 is 1.00 bits per heavy atom. The number of nitrogen functional groups attached to an aromatic ring is 1. The number of benzene rings is 2. The van der Waals surface area contributed by atoms with Crippen molar-refractivity contribution in [2.75, 3.05) is 18.3 Å². The van der Waals surface area contributed by atoms with Crippen molar-refractivity contribution < 1.29 is 40.6 Å². The van der Waals surface area contributed by atoms with Crippen molar-refractivity contribution in [3.8, 4) is 11.5 Å². The van der Waals surface area contributed by atoms with Crippen LogP contribution in [0.1, 0.15) is 6.92 Å². The van der Waals surface area contributed by atoms with Gasteiger partial charge in [-0.1, -0.05) is 12.2 Å². The number of hydrogen-bond acceptors (Lipinski definition) is 12. The molecule has 0 saturated heterocycles. The van der Waals surface area contributed by atoms with Crippen LogP contribution in [0.4, 0.5) is 22.7 Å². The van der Waals surface area contributed by atoms with E-state index < -0.39 is 47.7 Å². The summed E-state index contributed by atoms with van der Waals surface area (Å²) in [5.41, 5.74) is 9.48. The summed E-state index contributed by atoms with van der Waals surface area (Å²) in [7, 11) is -8.39. The Balaban J connectivity index is 1.61. The number of ketones is 1. The van der Waals surface area contributed by atoms with Crippen LogP contribution in [0.3, 0.4) is 0 Å². The largest absolute Gasteiger partial charge is 0.506 e. The number of nitrogens with zero attached hydrogens (tertiary/aromatic N) is 3. The van der Waals surface area contributed by atoms with Gasteiger partial charge in [-0.15, -0.1) is 5.11 Å². The highest BCUT2D eigenvalue weighted by molar-refractivity contribution is 7.91. The number of carbonyl (C=O) groups is 1. The predicted octanol–water partition coefficient (Wildman–Crippen LogP) is 3.48. The van der Waals surface area contributed by atoms with Gasteiger partial charge in [-0.2, -0.15) is 27.1 Å². The lowest BCUT2D eigenvalue weighted by Gasteiger charge is -2.30. The molecule has 2 aromatic rings. The van der Waals surface area contributed by atoms with Crippen molar-refractivity contribution in [3.05, 3.63) is 70.0 Å². The fourth-order valence-electron chi connectivity index (χ4n) is 4.14. The summed E-state index contributed by atoms with van der Waals surface area (Å²) in [6.07, 6.45) is 2.92. The van der Waals surface area contributed by atoms with E-state index in [2.05, 4.69) is 20.8 Å². The first-order valence-electron chi connectivity index (χ1n) is 11.3. The van der Waals surface area contributed by atoms with E-state index in [4.69, 9.17) is 10.5 Å². The van der Waals surface area contributed by atoms with E-state index in [1.807, 2.05) is 0 Å². The molecule has 2 unspecified atom stereocenters. The van der Waals surface area contributed by atoms with E-state index in [0.717, 1.165) is 6.08 Å². The number of aromatic hydroxyl groups is 1. The van der Waals surface area contributed by atoms with Crippen LogP contribution >= 0.6 is 0 Å². The number of hydrazone groups is 1. The van der Waals surface area contributed by atoms with E-state index in [0.29, 0.717) is 23.2 Å². The second-order valence-electron chi connectivity index (χ2n) is 8.74. The number of azo groups is 1. The standard InChI is InChI=1S/C24H23N5O9S2/c1-12-7-13-8-16(39(32,33)34)11-21(40(35,36)37)22(13)24(31)23(12)29-27-17-5-4-15(10-19(17)30)26-28-18-9-14(25)3-6-20(18)38-2/h3-11,13,22,27,30H,25H2,1-2H3,(H,32,33,34)(H,35,36,37). The number of carbonyl (C=O) groups excluding carboxylic acids is 1. The SMILES string of the molecule is COc1ccc(N)cc1N=Nc1ccc(NN=C2C(=O)C3C(S(=O)(=O)O)=CC(S(=O)(=O)O)=CC3C=C2C)c(O)c1. The number of ether oxygens (including phenoxy) is 1. The van der Waals surface area contributed by atoms with Gasteiger partial charge in [-0.25, -0.2) is 0 Å². The fourth-order valence-corrected chi connectivity index (χ4v) is 5.68. The van der Waals surface area contributed by atoms with Gasteiger partial charge in [0.05, 0.1) is 34.2 Å². The molecule has 40 heavy (non-hydrogen) atoms. The molecule has 2 atom stereocenters. The summed E-state index contributed by atoms with van der Waals surface area (Å²) in [6, 6.07) is 9.00. The summed E-state index contributed by atoms with van der Waals surface area (Å²) in [5.74, 6) is -3.33. The molecular weight excluding hydrogens is 566 g/mol. The van der Waals surface area contributed by atoms with Gasteiger partial charge in [0.15, 0.2) is 5.78 Å². The highest BCUT2D eigenvalue weighted by atomic mass is 32.2. The first-order chi connectivity index (χ1) is 18.7. The van der Waals surface area contributed by atoms with Gasteiger partial charge in [0, 0.05) is 17.7 Å². The van der Waals surface area contributed by atoms with Crippen molar-refractivity contribution in [2.24, 2.45) is 27.2 Å². The number of rotatable bonds is 7. The topological polar surface area (TPSA) is 230 Å². The zero-order valence-electron chi connectivity index (χ0n) is 20.9. The average Bonchev–Trinajstić information content (AvgIpc) is 2.86. The number of fused-ring (bicyclic) bond motifs is 1. The van der Waals surface area contributed by atoms with E-state index in [-0.39, 0.29) is 28.4 Å². The van der Waals surface area contributed by atoms with Crippen LogP contribution in [0.5, 0.6) is 11.5 Å². The number of phenolic OH excluding ortho intramolecular Hbond substituents is 1. The van der Waals surface area contributed by atoms with E-state index in [9.17, 15) is 35.8 Å². The van der Waals surface area contributed by atoms with Crippen molar-refractivity contribution in [1.29, 1.82) is 0 Å². The maximum atomic E-state index is 13.3. The molecule has 2 aliphatic rings. The minimum Gasteiger partial charge on any atom is -0.506 e. The minimum absolute atomic E-state index is 0.0680. The number of methoxy groups -OCH3 is 1. The lowest BCUT2D eigenvalue weighted by molar-refractivity contribution is -0.116. The highest BCUT2D eigenvalue weighted by Crippen LogP contribution is 2.39. The van der Waals surface area contributed by atoms with Gasteiger partial charge >= 0.3 is 0 Å². The van der Waals surface area contributed by atoms with Crippen LogP contribution in [-0.2, 0) is 25.0 Å². The summed E-state index contributed by atoms with van der Waals surface area (Å²) in [6.45, 7) is 1.48. The smallest absolute Gasteiger partial charge is 0.294 e. The molecule has 0 amide bonds. The number of nitrogens with two attached hydrogens (primary N) is 1. The minimum atomic E-state index is -5.03. The normalized spacial score (nSPS) is 20.6. The Kier molecular flexibility index (Phi) is 7.62. The Hall–Kier alpha value is -4.38. The third-order valence-electron chi connectivity index (χ3n) is 6.01. The number of allylic oxidation sites excluding steroid dienone is 5. The Morgan fingerprint density at radius 3 is 2.35 bits per heavy atom. The number of hydrogen-bond donors (Lipinski definition) is 5. The third-order valence-corrected chi connectivity index (χ3v) is 7.82. The van der Waals surface area contributed by atoms with Crippen LogP contribution in [0.15, 0.2) is 85.3 Å². The molecule has 0 aliphatic heterocycles. The van der Waals surface area contributed by atoms with Crippen molar-refractivity contribution >= 4 is 54.5 Å². The first-order valence-corrected chi connectivity index (χ1v) is 14.2. The first kappa shape index (κ1) is 28.6. The molecule has 0 radical (unpaired) electrons. The fraction of sp³-hybridized carbons (Fsp3) is 0.167. The zero-order valence-corrected chi connectivity index (χ0v) is 22.5. The molecule has 6 N–H and O–H groups in total. The number of anilines is 2. The molecule has 210 valence electrons. The maximum absolute atomic E-state index is 13.3. The van der Waals surface area contributed by atoms with Gasteiger partial charge in [0.25, 0.3) is 20.2 Å². The Bertz CT molecular complexity index is 1780. The van der Waals surface area contributed by atoms with Gasteiger partial charge in [-0.05, 0) is 48.9 Å². The van der Waals surface area contributed by atoms with Crippen LogP contribution in [0, 0.1) is 11.8 Å². The van der Waals surface area contributed by atoms with Crippen molar-refractivity contribution in [2.45, 2.75) is 6.92 Å². The van der Waals surface area contributed by atoms with Crippen LogP contribution in [0.2, 0.25) is 0 Å². The van der Waals surface area contributed by atoms with Crippen LogP contribution < -0.4 is 15.9 Å². The molecule has 16 heteroatoms. The van der Waals surface area contributed by atoms with Crippen LogP contribution in [0.25, 0.3) is 0 Å². The second-order valence-corrected chi connectivity index (χ2v) is 11.6. The molecule has 0 spiro atoms. The molecule has 0 bridgehead atoms. The van der Waals surface area contributed by atoms with Crippen molar-refractivity contribution in [3.63, 3.8) is 0 Å². The summed E-state index contributed by atoms with van der Waals surface area (Å²) < 4.78 is 71.5. The molecule has 0 heterocycles. The second kappa shape index (κ2) is 10.6. The van der Waals surface area contributed by atoms with E-state index >= 15 is 0 Å². The number of phenols is 1. The monoisotopic (exact) mass is 589 g/mol. The average molecular weight is 590 g/mol. The lowest BCUT2D eigenvalue weighted by atomic mass is 9.76. The molecule has 0 aromatic heterocycles. The van der Waals surface area contributed by atoms with Crippen LogP contribution in [-0.4, -0.2) is 49.7 Å². The Morgan fingerprint density at radius 2 is 1.73 bits per heavy atom. The van der Waals surface area contributed by atoms with E-state index in [1.165, 1.54) is 38.3 Å². The molecule has 4 rings (SSSR count). The molecule has 2 aromatic carbocycles. The number of Topliss-reactive ketones (excluding diaryl/α,β-unsaturated/α-hetero) is 1. The number of nitrogens with one attached hydrogen (secondary N) is 1. The maximum Gasteiger partial charge on any atom is 0.294 e. The zero-order chi connectivity index (χ0) is 29.4. The summed E-state index contributed by atoms with van der Waals surface area (Å²) in [4.78, 5) is 11.6. The quantitative estimate of drug-likeness (QED) is 0.103. The predicted molar refractivity (Wildman–Crippen MR) is 146 cm³/mol. The van der Waals surface area contributed by atoms with Crippen molar-refractivity contribution in [1.82, 2.24) is 0 Å². The van der Waals surface area contributed by atoms with Gasteiger partial charge in [0.2, 0.25) is 0 Å². The molecule has 14 nitrogen and oxygen atoms in total. The molecule has 0 saturated carbocycles. The van der Waals surface area contributed by atoms with Gasteiger partial charge < -0.3 is 15.6 Å².